The van der Waals surface area contributed by atoms with Gasteiger partial charge < -0.3 is 14.0 Å². The van der Waals surface area contributed by atoms with Crippen LogP contribution in [0.5, 0.6) is 5.75 Å². The number of aryl methyl sites for hydroxylation is 1. The molecule has 0 fully saturated rings. The molecule has 1 N–H and O–H groups in total. The van der Waals surface area contributed by atoms with Gasteiger partial charge in [0.15, 0.2) is 18.1 Å². The highest BCUT2D eigenvalue weighted by Gasteiger charge is 2.14. The summed E-state index contributed by atoms with van der Waals surface area (Å²) in [4.78, 5) is 12.0. The Hall–Kier alpha value is -3.09. The van der Waals surface area contributed by atoms with Crippen LogP contribution in [0.4, 0.5) is 0 Å². The van der Waals surface area contributed by atoms with Crippen LogP contribution in [-0.2, 0) is 17.8 Å². The first-order valence-corrected chi connectivity index (χ1v) is 8.01. The molecule has 0 saturated heterocycles. The Kier molecular flexibility index (Phi) is 5.13. The fourth-order valence-electron chi connectivity index (χ4n) is 2.35. The second kappa shape index (κ2) is 7.65. The quantitative estimate of drug-likeness (QED) is 0.663. The van der Waals surface area contributed by atoms with E-state index in [9.17, 15) is 4.79 Å². The molecule has 0 amide bonds. The van der Waals surface area contributed by atoms with Gasteiger partial charge in [-0.15, -0.1) is 0 Å². The van der Waals surface area contributed by atoms with Crippen LogP contribution >= 0.6 is 0 Å². The van der Waals surface area contributed by atoms with Crippen molar-refractivity contribution in [2.45, 2.75) is 26.4 Å². The van der Waals surface area contributed by atoms with Gasteiger partial charge in [0.25, 0.3) is 0 Å². The van der Waals surface area contributed by atoms with Gasteiger partial charge in [-0.25, -0.2) is 4.79 Å². The van der Waals surface area contributed by atoms with Crippen LogP contribution in [-0.4, -0.2) is 28.4 Å². The van der Waals surface area contributed by atoms with Crippen LogP contribution in [0.3, 0.4) is 0 Å². The van der Waals surface area contributed by atoms with Gasteiger partial charge in [0.05, 0.1) is 7.11 Å². The number of carbonyl (C=O) groups excluding carboxylic acids is 1. The molecular weight excluding hydrogens is 322 g/mol. The smallest absolute Gasteiger partial charge is 0.359 e. The van der Waals surface area contributed by atoms with E-state index in [1.807, 2.05) is 24.3 Å². The van der Waals surface area contributed by atoms with Crippen molar-refractivity contribution in [2.75, 3.05) is 7.11 Å². The summed E-state index contributed by atoms with van der Waals surface area (Å²) >= 11 is 0. The minimum atomic E-state index is -0.499. The molecule has 25 heavy (non-hydrogen) atoms. The summed E-state index contributed by atoms with van der Waals surface area (Å²) in [6, 6.07) is 10.9. The number of aromatic nitrogens is 3. The van der Waals surface area contributed by atoms with Crippen molar-refractivity contribution >= 4 is 5.97 Å². The number of H-pyrrole nitrogens is 1. The minimum Gasteiger partial charge on any atom is -0.497 e. The molecule has 0 radical (unpaired) electrons. The Morgan fingerprint density at radius 2 is 2.04 bits per heavy atom. The number of hydrogen-bond acceptors (Lipinski definition) is 6. The number of benzene rings is 1. The Morgan fingerprint density at radius 3 is 2.76 bits per heavy atom. The van der Waals surface area contributed by atoms with Gasteiger partial charge in [-0.3, -0.25) is 5.10 Å². The maximum atomic E-state index is 12.0. The van der Waals surface area contributed by atoms with Crippen molar-refractivity contribution in [1.29, 1.82) is 0 Å². The lowest BCUT2D eigenvalue weighted by Crippen LogP contribution is -2.05. The molecule has 7 nitrogen and oxygen atoms in total. The predicted molar refractivity (Wildman–Crippen MR) is 90.2 cm³/mol. The number of ether oxygens (including phenoxy) is 2. The molecule has 0 atom stereocenters. The first kappa shape index (κ1) is 16.8. The highest BCUT2D eigenvalue weighted by Crippen LogP contribution is 2.22. The first-order valence-electron chi connectivity index (χ1n) is 8.01. The molecule has 0 saturated carbocycles. The molecule has 2 aromatic heterocycles. The third kappa shape index (κ3) is 4.06. The van der Waals surface area contributed by atoms with Crippen molar-refractivity contribution in [3.8, 4) is 17.0 Å². The maximum Gasteiger partial charge on any atom is 0.359 e. The SMILES string of the molecule is CCCc1cc(C(=O)OCc2cc(-c3ccc(OC)cc3)no2)n[nH]1. The zero-order valence-electron chi connectivity index (χ0n) is 14.1. The molecular formula is C18H19N3O4. The normalized spacial score (nSPS) is 10.6. The van der Waals surface area contributed by atoms with Gasteiger partial charge in [0.2, 0.25) is 0 Å². The highest BCUT2D eigenvalue weighted by atomic mass is 16.5. The molecule has 0 aliphatic rings. The highest BCUT2D eigenvalue weighted by molar-refractivity contribution is 5.87. The molecule has 0 bridgehead atoms. The number of nitrogens with one attached hydrogen (secondary N) is 1. The van der Waals surface area contributed by atoms with E-state index in [0.717, 1.165) is 29.8 Å². The Labute approximate surface area is 144 Å². The molecule has 7 heteroatoms. The van der Waals surface area contributed by atoms with E-state index >= 15 is 0 Å². The van der Waals surface area contributed by atoms with E-state index in [2.05, 4.69) is 22.3 Å². The molecule has 0 aliphatic heterocycles. The lowest BCUT2D eigenvalue weighted by atomic mass is 10.1. The van der Waals surface area contributed by atoms with Crippen LogP contribution in [0.15, 0.2) is 40.9 Å². The summed E-state index contributed by atoms with van der Waals surface area (Å²) < 4.78 is 15.6. The first-order chi connectivity index (χ1) is 12.2. The lowest BCUT2D eigenvalue weighted by molar-refractivity contribution is 0.0430. The van der Waals surface area contributed by atoms with Crippen molar-refractivity contribution in [3.63, 3.8) is 0 Å². The Bertz CT molecular complexity index is 836. The average Bonchev–Trinajstić information content (AvgIpc) is 3.30. The zero-order valence-corrected chi connectivity index (χ0v) is 14.1. The van der Waals surface area contributed by atoms with Crippen LogP contribution < -0.4 is 4.74 Å². The number of esters is 1. The van der Waals surface area contributed by atoms with Gasteiger partial charge in [-0.05, 0) is 36.8 Å². The standard InChI is InChI=1S/C18H19N3O4/c1-3-4-13-9-17(20-19-13)18(22)24-11-15-10-16(21-25-15)12-5-7-14(23-2)8-6-12/h5-10H,3-4,11H2,1-2H3,(H,19,20). The minimum absolute atomic E-state index is 0.00202. The molecule has 0 spiro atoms. The van der Waals surface area contributed by atoms with E-state index in [-0.39, 0.29) is 12.3 Å². The monoisotopic (exact) mass is 341 g/mol. The maximum absolute atomic E-state index is 12.0. The van der Waals surface area contributed by atoms with Crippen LogP contribution in [0.25, 0.3) is 11.3 Å². The fraction of sp³-hybridized carbons (Fsp3) is 0.278. The number of hydrogen-bond donors (Lipinski definition) is 1. The second-order valence-corrected chi connectivity index (χ2v) is 5.51. The Balaban J connectivity index is 1.59. The third-order valence-corrected chi connectivity index (χ3v) is 3.65. The molecule has 3 rings (SSSR count). The van der Waals surface area contributed by atoms with E-state index in [1.54, 1.807) is 19.2 Å². The van der Waals surface area contributed by atoms with Crippen LogP contribution in [0, 0.1) is 0 Å². The van der Waals surface area contributed by atoms with E-state index in [4.69, 9.17) is 14.0 Å². The molecule has 3 aromatic rings. The van der Waals surface area contributed by atoms with Gasteiger partial charge in [0.1, 0.15) is 11.4 Å². The lowest BCUT2D eigenvalue weighted by Gasteiger charge is -1.99. The topological polar surface area (TPSA) is 90.2 Å². The van der Waals surface area contributed by atoms with E-state index in [0.29, 0.717) is 11.5 Å². The van der Waals surface area contributed by atoms with Crippen molar-refractivity contribution < 1.29 is 18.8 Å². The fourth-order valence-corrected chi connectivity index (χ4v) is 2.35. The Morgan fingerprint density at radius 1 is 1.24 bits per heavy atom. The summed E-state index contributed by atoms with van der Waals surface area (Å²) in [5.41, 5.74) is 2.73. The van der Waals surface area contributed by atoms with Crippen molar-refractivity contribution in [3.05, 3.63) is 53.5 Å². The number of aromatic amines is 1. The average molecular weight is 341 g/mol. The molecule has 130 valence electrons. The van der Waals surface area contributed by atoms with Gasteiger partial charge in [-0.1, -0.05) is 18.5 Å². The summed E-state index contributed by atoms with van der Waals surface area (Å²) in [6.07, 6.45) is 1.82. The number of carbonyl (C=O) groups is 1. The van der Waals surface area contributed by atoms with Crippen LogP contribution in [0.2, 0.25) is 0 Å². The molecule has 2 heterocycles. The van der Waals surface area contributed by atoms with Crippen molar-refractivity contribution in [2.24, 2.45) is 0 Å². The molecule has 0 unspecified atom stereocenters. The third-order valence-electron chi connectivity index (χ3n) is 3.65. The largest absolute Gasteiger partial charge is 0.497 e. The predicted octanol–water partition coefficient (Wildman–Crippen LogP) is 3.38. The molecule has 0 aliphatic carbocycles. The number of methoxy groups -OCH3 is 1. The zero-order chi connectivity index (χ0) is 17.6. The van der Waals surface area contributed by atoms with Gasteiger partial charge in [0, 0.05) is 17.3 Å². The summed E-state index contributed by atoms with van der Waals surface area (Å²) in [6.45, 7) is 2.06. The summed E-state index contributed by atoms with van der Waals surface area (Å²) in [7, 11) is 1.61. The summed E-state index contributed by atoms with van der Waals surface area (Å²) in [5, 5.41) is 10.8. The second-order valence-electron chi connectivity index (χ2n) is 5.51. The van der Waals surface area contributed by atoms with Crippen LogP contribution in [0.1, 0.15) is 35.3 Å². The van der Waals surface area contributed by atoms with Gasteiger partial charge in [-0.2, -0.15) is 5.10 Å². The molecule has 1 aromatic carbocycles. The van der Waals surface area contributed by atoms with Gasteiger partial charge >= 0.3 is 5.97 Å². The summed E-state index contributed by atoms with van der Waals surface area (Å²) in [5.74, 6) is 0.729. The number of rotatable bonds is 7. The van der Waals surface area contributed by atoms with E-state index in [1.165, 1.54) is 0 Å². The van der Waals surface area contributed by atoms with E-state index < -0.39 is 5.97 Å². The number of nitrogens with zero attached hydrogens (tertiary/aromatic N) is 2. The van der Waals surface area contributed by atoms with Crippen molar-refractivity contribution in [1.82, 2.24) is 15.4 Å².